The molecule has 1 saturated heterocycles. The van der Waals surface area contributed by atoms with Crippen LogP contribution in [-0.4, -0.2) is 29.8 Å². The van der Waals surface area contributed by atoms with E-state index in [9.17, 15) is 5.11 Å². The van der Waals surface area contributed by atoms with Crippen molar-refractivity contribution in [1.82, 2.24) is 0 Å². The molecular weight excluding hydrogens is 214 g/mol. The zero-order valence-corrected chi connectivity index (χ0v) is 11.8. The van der Waals surface area contributed by atoms with Gasteiger partial charge < -0.3 is 9.84 Å². The lowest BCUT2D eigenvalue weighted by atomic mass is 9.73. The summed E-state index contributed by atoms with van der Waals surface area (Å²) in [6, 6.07) is 0. The summed E-state index contributed by atoms with van der Waals surface area (Å²) in [6.45, 7) is 14.1. The van der Waals surface area contributed by atoms with Crippen LogP contribution in [0.2, 0.25) is 0 Å². The van der Waals surface area contributed by atoms with Crippen molar-refractivity contribution in [2.45, 2.75) is 65.4 Å². The fraction of sp³-hybridized carbons (Fsp3) is 0.929. The molecule has 6 atom stereocenters. The summed E-state index contributed by atoms with van der Waals surface area (Å²) in [7, 11) is 0. The van der Waals surface area contributed by atoms with Crippen LogP contribution >= 0.6 is 0 Å². The van der Waals surface area contributed by atoms with Crippen molar-refractivity contribution in [3.63, 3.8) is 0 Å². The van der Waals surface area contributed by atoms with E-state index >= 15 is 0 Å². The molecular formula is C14H27NO2. The van der Waals surface area contributed by atoms with Crippen LogP contribution in [0.4, 0.5) is 0 Å². The lowest BCUT2D eigenvalue weighted by molar-refractivity contribution is -0.233. The molecule has 3 nitrogen and oxygen atoms in total. The summed E-state index contributed by atoms with van der Waals surface area (Å²) in [4.78, 5) is 4.02. The number of hydrogen-bond acceptors (Lipinski definition) is 3. The van der Waals surface area contributed by atoms with Crippen LogP contribution in [-0.2, 0) is 4.74 Å². The Balaban J connectivity index is 3.00. The third kappa shape index (κ3) is 2.55. The molecule has 1 aliphatic rings. The highest BCUT2D eigenvalue weighted by molar-refractivity contribution is 5.26. The fourth-order valence-electron chi connectivity index (χ4n) is 2.96. The molecule has 1 rings (SSSR count). The van der Waals surface area contributed by atoms with Crippen LogP contribution in [0, 0.1) is 17.8 Å². The van der Waals surface area contributed by atoms with Gasteiger partial charge in [-0.3, -0.25) is 4.99 Å². The van der Waals surface area contributed by atoms with Crippen LogP contribution in [0.1, 0.15) is 47.5 Å². The molecule has 0 aromatic heterocycles. The van der Waals surface area contributed by atoms with Gasteiger partial charge in [0.25, 0.3) is 0 Å². The monoisotopic (exact) mass is 241 g/mol. The minimum Gasteiger partial charge on any atom is -0.388 e. The molecule has 3 unspecified atom stereocenters. The van der Waals surface area contributed by atoms with Crippen molar-refractivity contribution in [2.75, 3.05) is 0 Å². The molecule has 0 aromatic carbocycles. The van der Waals surface area contributed by atoms with Crippen LogP contribution in [0.5, 0.6) is 0 Å². The molecule has 1 fully saturated rings. The molecule has 1 heterocycles. The molecule has 3 heteroatoms. The zero-order valence-electron chi connectivity index (χ0n) is 11.8. The SMILES string of the molecule is C=NC1(C)O[C@H](C(C)CC)C(CC)[C@@H](C)[C@H]1O. The van der Waals surface area contributed by atoms with E-state index in [0.717, 1.165) is 12.8 Å². The average Bonchev–Trinajstić information content (AvgIpc) is 2.34. The Bertz CT molecular complexity index is 269. The molecule has 0 spiro atoms. The van der Waals surface area contributed by atoms with Crippen molar-refractivity contribution < 1.29 is 9.84 Å². The van der Waals surface area contributed by atoms with Crippen LogP contribution in [0.15, 0.2) is 4.99 Å². The fourth-order valence-corrected chi connectivity index (χ4v) is 2.96. The molecule has 100 valence electrons. The molecule has 0 bridgehead atoms. The number of nitrogens with zero attached hydrogens (tertiary/aromatic N) is 1. The molecule has 0 radical (unpaired) electrons. The Kier molecular flexibility index (Phi) is 4.73. The smallest absolute Gasteiger partial charge is 0.181 e. The van der Waals surface area contributed by atoms with Gasteiger partial charge in [-0.25, -0.2) is 0 Å². The van der Waals surface area contributed by atoms with E-state index in [1.54, 1.807) is 0 Å². The van der Waals surface area contributed by atoms with Gasteiger partial charge in [0, 0.05) is 0 Å². The predicted molar refractivity (Wildman–Crippen MR) is 71.2 cm³/mol. The van der Waals surface area contributed by atoms with Crippen LogP contribution in [0.3, 0.4) is 0 Å². The summed E-state index contributed by atoms with van der Waals surface area (Å²) >= 11 is 0. The third-order valence-electron chi connectivity index (χ3n) is 4.51. The second-order valence-electron chi connectivity index (χ2n) is 5.56. The summed E-state index contributed by atoms with van der Waals surface area (Å²) < 4.78 is 6.08. The summed E-state index contributed by atoms with van der Waals surface area (Å²) in [5.41, 5.74) is -0.848. The minimum atomic E-state index is -0.848. The van der Waals surface area contributed by atoms with E-state index in [1.807, 2.05) is 6.92 Å². The van der Waals surface area contributed by atoms with Crippen LogP contribution < -0.4 is 0 Å². The minimum absolute atomic E-state index is 0.166. The van der Waals surface area contributed by atoms with Gasteiger partial charge in [0.1, 0.15) is 6.10 Å². The highest BCUT2D eigenvalue weighted by atomic mass is 16.5. The van der Waals surface area contributed by atoms with Gasteiger partial charge in [-0.2, -0.15) is 0 Å². The van der Waals surface area contributed by atoms with E-state index in [-0.39, 0.29) is 12.0 Å². The largest absolute Gasteiger partial charge is 0.388 e. The Morgan fingerprint density at radius 1 is 1.47 bits per heavy atom. The normalized spacial score (nSPS) is 44.4. The summed E-state index contributed by atoms with van der Waals surface area (Å²) in [6.07, 6.45) is 1.71. The lowest BCUT2D eigenvalue weighted by Crippen LogP contribution is -2.57. The molecule has 0 amide bonds. The van der Waals surface area contributed by atoms with E-state index in [4.69, 9.17) is 4.74 Å². The molecule has 17 heavy (non-hydrogen) atoms. The first-order valence-electron chi connectivity index (χ1n) is 6.75. The number of aliphatic hydroxyl groups excluding tert-OH is 1. The lowest BCUT2D eigenvalue weighted by Gasteiger charge is -2.49. The molecule has 1 N–H and O–H groups in total. The average molecular weight is 241 g/mol. The number of aliphatic hydroxyl groups is 1. The number of rotatable bonds is 4. The van der Waals surface area contributed by atoms with Crippen molar-refractivity contribution in [2.24, 2.45) is 22.7 Å². The topological polar surface area (TPSA) is 41.8 Å². The number of ether oxygens (including phenoxy) is 1. The van der Waals surface area contributed by atoms with Gasteiger partial charge in [0.15, 0.2) is 5.72 Å². The van der Waals surface area contributed by atoms with E-state index < -0.39 is 11.8 Å². The van der Waals surface area contributed by atoms with E-state index in [0.29, 0.717) is 11.8 Å². The number of hydrogen-bond donors (Lipinski definition) is 1. The zero-order chi connectivity index (χ0) is 13.2. The Morgan fingerprint density at radius 2 is 2.06 bits per heavy atom. The maximum atomic E-state index is 10.3. The molecule has 1 aliphatic heterocycles. The molecule has 0 aliphatic carbocycles. The highest BCUT2D eigenvalue weighted by Crippen LogP contribution is 2.42. The van der Waals surface area contributed by atoms with Gasteiger partial charge in [-0.15, -0.1) is 0 Å². The van der Waals surface area contributed by atoms with Gasteiger partial charge in [0.05, 0.1) is 6.10 Å². The van der Waals surface area contributed by atoms with Gasteiger partial charge >= 0.3 is 0 Å². The second-order valence-corrected chi connectivity index (χ2v) is 5.56. The third-order valence-corrected chi connectivity index (χ3v) is 4.51. The Morgan fingerprint density at radius 3 is 2.47 bits per heavy atom. The van der Waals surface area contributed by atoms with Crippen molar-refractivity contribution in [3.8, 4) is 0 Å². The number of aliphatic imine (C=N–C) groups is 1. The summed E-state index contributed by atoms with van der Waals surface area (Å²) in [5.74, 6) is 1.08. The quantitative estimate of drug-likeness (QED) is 0.769. The van der Waals surface area contributed by atoms with Crippen molar-refractivity contribution in [3.05, 3.63) is 0 Å². The van der Waals surface area contributed by atoms with Crippen molar-refractivity contribution >= 4 is 6.72 Å². The highest BCUT2D eigenvalue weighted by Gasteiger charge is 2.49. The van der Waals surface area contributed by atoms with Gasteiger partial charge in [-0.1, -0.05) is 40.5 Å². The van der Waals surface area contributed by atoms with Crippen LogP contribution in [0.25, 0.3) is 0 Å². The Labute approximate surface area is 105 Å². The van der Waals surface area contributed by atoms with E-state index in [1.165, 1.54) is 0 Å². The first kappa shape index (κ1) is 14.7. The Hall–Kier alpha value is -0.410. The van der Waals surface area contributed by atoms with Gasteiger partial charge in [-0.05, 0) is 31.4 Å². The first-order valence-corrected chi connectivity index (χ1v) is 6.75. The predicted octanol–water partition coefficient (Wildman–Crippen LogP) is 2.87. The summed E-state index contributed by atoms with van der Waals surface area (Å²) in [5, 5.41) is 10.3. The second kappa shape index (κ2) is 5.49. The molecule has 0 saturated carbocycles. The molecule has 0 aromatic rings. The van der Waals surface area contributed by atoms with E-state index in [2.05, 4.69) is 39.4 Å². The first-order chi connectivity index (χ1) is 7.91. The maximum Gasteiger partial charge on any atom is 0.181 e. The van der Waals surface area contributed by atoms with Crippen molar-refractivity contribution in [1.29, 1.82) is 0 Å². The standard InChI is InChI=1S/C14H27NO2/c1-7-9(3)12-11(8-2)10(4)13(16)14(5,15-6)17-12/h9-13,16H,6-8H2,1-5H3/t9?,10-,11?,12-,13-,14?/m1/s1. The van der Waals surface area contributed by atoms with Gasteiger partial charge in [0.2, 0.25) is 0 Å². The maximum absolute atomic E-state index is 10.3.